The Hall–Kier alpha value is -2.13. The van der Waals surface area contributed by atoms with E-state index in [1.807, 2.05) is 42.5 Å². The quantitative estimate of drug-likeness (QED) is 0.628. The average Bonchev–Trinajstić information content (AvgIpc) is 3.34. The van der Waals surface area contributed by atoms with Gasteiger partial charge in [-0.2, -0.15) is 0 Å². The van der Waals surface area contributed by atoms with E-state index in [2.05, 4.69) is 13.0 Å². The van der Waals surface area contributed by atoms with E-state index in [0.717, 1.165) is 23.1 Å². The standard InChI is InChI=1S/C18H18O3/c1-3-16-17(21-16)14-9-13(12-7-5-4-6-8-12)10-15(11-14)18(19)20-2/h4-11,16-17H,3H2,1-2H3. The lowest BCUT2D eigenvalue weighted by Crippen LogP contribution is -2.03. The molecule has 0 N–H and O–H groups in total. The summed E-state index contributed by atoms with van der Waals surface area (Å²) < 4.78 is 10.5. The normalized spacial score (nSPS) is 20.1. The molecule has 1 aliphatic heterocycles. The van der Waals surface area contributed by atoms with Gasteiger partial charge in [0, 0.05) is 0 Å². The van der Waals surface area contributed by atoms with Gasteiger partial charge in [0.2, 0.25) is 0 Å². The van der Waals surface area contributed by atoms with Crippen LogP contribution in [0.3, 0.4) is 0 Å². The van der Waals surface area contributed by atoms with Crippen LogP contribution in [0.2, 0.25) is 0 Å². The molecule has 1 heterocycles. The zero-order chi connectivity index (χ0) is 14.8. The SMILES string of the molecule is CCC1OC1c1cc(C(=O)OC)cc(-c2ccccc2)c1. The van der Waals surface area contributed by atoms with Crippen molar-refractivity contribution in [1.82, 2.24) is 0 Å². The minimum Gasteiger partial charge on any atom is -0.465 e. The maximum Gasteiger partial charge on any atom is 0.337 e. The minimum absolute atomic E-state index is 0.0991. The molecule has 108 valence electrons. The van der Waals surface area contributed by atoms with Crippen LogP contribution in [0, 0.1) is 0 Å². The molecule has 0 bridgehead atoms. The number of carbonyl (C=O) groups excluding carboxylic acids is 1. The molecule has 21 heavy (non-hydrogen) atoms. The summed E-state index contributed by atoms with van der Waals surface area (Å²) in [4.78, 5) is 11.9. The van der Waals surface area contributed by atoms with Crippen molar-refractivity contribution in [3.8, 4) is 11.1 Å². The van der Waals surface area contributed by atoms with E-state index < -0.39 is 0 Å². The third kappa shape index (κ3) is 2.83. The smallest absolute Gasteiger partial charge is 0.337 e. The van der Waals surface area contributed by atoms with Gasteiger partial charge in [-0.25, -0.2) is 4.79 Å². The van der Waals surface area contributed by atoms with E-state index in [1.165, 1.54) is 7.11 Å². The molecule has 0 spiro atoms. The number of ether oxygens (including phenoxy) is 2. The molecule has 0 aromatic heterocycles. The second-order valence-electron chi connectivity index (χ2n) is 5.20. The number of benzene rings is 2. The highest BCUT2D eigenvalue weighted by Gasteiger charge is 2.38. The van der Waals surface area contributed by atoms with Crippen molar-refractivity contribution in [2.75, 3.05) is 7.11 Å². The molecule has 2 unspecified atom stereocenters. The summed E-state index contributed by atoms with van der Waals surface area (Å²) in [6.45, 7) is 2.10. The summed E-state index contributed by atoms with van der Waals surface area (Å²) in [5.74, 6) is -0.317. The Morgan fingerprint density at radius 1 is 1.14 bits per heavy atom. The van der Waals surface area contributed by atoms with E-state index in [9.17, 15) is 4.79 Å². The monoisotopic (exact) mass is 282 g/mol. The van der Waals surface area contributed by atoms with Gasteiger partial charge in [0.15, 0.2) is 0 Å². The molecule has 0 amide bonds. The molecular weight excluding hydrogens is 264 g/mol. The van der Waals surface area contributed by atoms with Gasteiger partial charge in [-0.3, -0.25) is 0 Å². The van der Waals surface area contributed by atoms with Crippen LogP contribution in [-0.2, 0) is 9.47 Å². The first-order valence-corrected chi connectivity index (χ1v) is 7.17. The Labute approximate surface area is 124 Å². The van der Waals surface area contributed by atoms with Crippen LogP contribution in [0.1, 0.15) is 35.4 Å². The summed E-state index contributed by atoms with van der Waals surface area (Å²) >= 11 is 0. The molecule has 2 aromatic carbocycles. The van der Waals surface area contributed by atoms with Gasteiger partial charge in [-0.15, -0.1) is 0 Å². The van der Waals surface area contributed by atoms with E-state index >= 15 is 0 Å². The molecule has 3 rings (SSSR count). The Balaban J connectivity index is 2.03. The van der Waals surface area contributed by atoms with Crippen LogP contribution in [0.15, 0.2) is 48.5 Å². The topological polar surface area (TPSA) is 38.8 Å². The maximum atomic E-state index is 11.9. The number of esters is 1. The van der Waals surface area contributed by atoms with Crippen molar-refractivity contribution in [3.63, 3.8) is 0 Å². The Morgan fingerprint density at radius 2 is 1.90 bits per heavy atom. The predicted octanol–water partition coefficient (Wildman–Crippen LogP) is 3.99. The lowest BCUT2D eigenvalue weighted by atomic mass is 9.97. The van der Waals surface area contributed by atoms with Gasteiger partial charge in [0.1, 0.15) is 6.10 Å². The number of carbonyl (C=O) groups is 1. The summed E-state index contributed by atoms with van der Waals surface area (Å²) in [5.41, 5.74) is 3.71. The Bertz CT molecular complexity index is 649. The van der Waals surface area contributed by atoms with Gasteiger partial charge in [-0.1, -0.05) is 37.3 Å². The van der Waals surface area contributed by atoms with Gasteiger partial charge in [-0.05, 0) is 41.3 Å². The Kier molecular flexibility index (Phi) is 3.76. The molecule has 0 saturated carbocycles. The fourth-order valence-electron chi connectivity index (χ4n) is 2.60. The Morgan fingerprint density at radius 3 is 2.52 bits per heavy atom. The average molecular weight is 282 g/mol. The van der Waals surface area contributed by atoms with Crippen molar-refractivity contribution in [3.05, 3.63) is 59.7 Å². The largest absolute Gasteiger partial charge is 0.465 e. The van der Waals surface area contributed by atoms with Gasteiger partial charge in [0.05, 0.1) is 18.8 Å². The lowest BCUT2D eigenvalue weighted by Gasteiger charge is -2.08. The predicted molar refractivity (Wildman–Crippen MR) is 81.1 cm³/mol. The molecule has 1 saturated heterocycles. The van der Waals surface area contributed by atoms with Crippen molar-refractivity contribution >= 4 is 5.97 Å². The molecule has 2 atom stereocenters. The third-order valence-electron chi connectivity index (χ3n) is 3.80. The molecule has 1 aliphatic rings. The van der Waals surface area contributed by atoms with Crippen LogP contribution in [0.25, 0.3) is 11.1 Å². The highest BCUT2D eigenvalue weighted by Crippen LogP contribution is 2.42. The van der Waals surface area contributed by atoms with Crippen molar-refractivity contribution in [2.24, 2.45) is 0 Å². The third-order valence-corrected chi connectivity index (χ3v) is 3.80. The number of epoxide rings is 1. The maximum absolute atomic E-state index is 11.9. The zero-order valence-electron chi connectivity index (χ0n) is 12.2. The van der Waals surface area contributed by atoms with Crippen LogP contribution in [-0.4, -0.2) is 19.2 Å². The molecule has 3 heteroatoms. The van der Waals surface area contributed by atoms with Crippen LogP contribution < -0.4 is 0 Å². The molecule has 1 fully saturated rings. The summed E-state index contributed by atoms with van der Waals surface area (Å²) in [6, 6.07) is 15.9. The van der Waals surface area contributed by atoms with E-state index in [-0.39, 0.29) is 18.2 Å². The van der Waals surface area contributed by atoms with Crippen molar-refractivity contribution in [2.45, 2.75) is 25.6 Å². The molecular formula is C18H18O3. The number of hydrogen-bond donors (Lipinski definition) is 0. The van der Waals surface area contributed by atoms with E-state index in [4.69, 9.17) is 9.47 Å². The minimum atomic E-state index is -0.317. The van der Waals surface area contributed by atoms with Crippen molar-refractivity contribution < 1.29 is 14.3 Å². The van der Waals surface area contributed by atoms with E-state index in [1.54, 1.807) is 0 Å². The first-order chi connectivity index (χ1) is 10.2. The van der Waals surface area contributed by atoms with Gasteiger partial charge in [0.25, 0.3) is 0 Å². The first kappa shape index (κ1) is 13.8. The van der Waals surface area contributed by atoms with Crippen molar-refractivity contribution in [1.29, 1.82) is 0 Å². The zero-order valence-corrected chi connectivity index (χ0v) is 12.2. The summed E-state index contributed by atoms with van der Waals surface area (Å²) in [7, 11) is 1.40. The molecule has 0 aliphatic carbocycles. The molecule has 3 nitrogen and oxygen atoms in total. The highest BCUT2D eigenvalue weighted by atomic mass is 16.6. The van der Waals surface area contributed by atoms with Crippen LogP contribution in [0.5, 0.6) is 0 Å². The van der Waals surface area contributed by atoms with E-state index in [0.29, 0.717) is 5.56 Å². The fourth-order valence-corrected chi connectivity index (χ4v) is 2.60. The fraction of sp³-hybridized carbons (Fsp3) is 0.278. The lowest BCUT2D eigenvalue weighted by molar-refractivity contribution is 0.0600. The van der Waals surface area contributed by atoms with Gasteiger partial charge < -0.3 is 9.47 Å². The second-order valence-corrected chi connectivity index (χ2v) is 5.20. The number of hydrogen-bond acceptors (Lipinski definition) is 3. The number of rotatable bonds is 4. The summed E-state index contributed by atoms with van der Waals surface area (Å²) in [5, 5.41) is 0. The molecule has 2 aromatic rings. The first-order valence-electron chi connectivity index (χ1n) is 7.17. The number of methoxy groups -OCH3 is 1. The van der Waals surface area contributed by atoms with Crippen LogP contribution >= 0.6 is 0 Å². The molecule has 0 radical (unpaired) electrons. The second kappa shape index (κ2) is 5.70. The van der Waals surface area contributed by atoms with Gasteiger partial charge >= 0.3 is 5.97 Å². The van der Waals surface area contributed by atoms with Crippen LogP contribution in [0.4, 0.5) is 0 Å². The highest BCUT2D eigenvalue weighted by molar-refractivity contribution is 5.91. The summed E-state index contributed by atoms with van der Waals surface area (Å²) in [6.07, 6.45) is 1.34.